The summed E-state index contributed by atoms with van der Waals surface area (Å²) in [6.07, 6.45) is 4.75. The van der Waals surface area contributed by atoms with E-state index in [2.05, 4.69) is 10.3 Å². The molecule has 1 aliphatic rings. The number of hydrogen-bond donors (Lipinski definition) is 1. The van der Waals surface area contributed by atoms with Crippen molar-refractivity contribution in [2.45, 2.75) is 30.5 Å². The van der Waals surface area contributed by atoms with Crippen LogP contribution in [0.2, 0.25) is 4.34 Å². The van der Waals surface area contributed by atoms with Crippen molar-refractivity contribution in [3.05, 3.63) is 46.6 Å². The molecule has 0 spiro atoms. The predicted octanol–water partition coefficient (Wildman–Crippen LogP) is 3.15. The van der Waals surface area contributed by atoms with E-state index in [0.717, 1.165) is 16.9 Å². The Labute approximate surface area is 168 Å². The van der Waals surface area contributed by atoms with Crippen LogP contribution >= 0.6 is 22.9 Å². The Hall–Kier alpha value is -1.48. The van der Waals surface area contributed by atoms with E-state index >= 15 is 0 Å². The van der Waals surface area contributed by atoms with E-state index in [9.17, 15) is 13.2 Å². The van der Waals surface area contributed by atoms with Gasteiger partial charge >= 0.3 is 0 Å². The highest BCUT2D eigenvalue weighted by Crippen LogP contribution is 2.32. The van der Waals surface area contributed by atoms with Gasteiger partial charge in [0.05, 0.1) is 4.34 Å². The van der Waals surface area contributed by atoms with Gasteiger partial charge in [-0.3, -0.25) is 9.78 Å². The average molecular weight is 428 g/mol. The third-order valence-electron chi connectivity index (χ3n) is 4.95. The third-order valence-corrected chi connectivity index (χ3v) is 8.55. The number of piperidine rings is 1. The second-order valence-corrected chi connectivity index (χ2v) is 10.5. The van der Waals surface area contributed by atoms with Gasteiger partial charge in [0.15, 0.2) is 0 Å². The number of nitrogens with one attached hydrogen (secondary N) is 1. The molecule has 0 aromatic carbocycles. The van der Waals surface area contributed by atoms with Crippen molar-refractivity contribution in [3.63, 3.8) is 0 Å². The molecule has 2 aromatic heterocycles. The number of carbonyl (C=O) groups is 1. The molecule has 0 unspecified atom stereocenters. The van der Waals surface area contributed by atoms with Crippen LogP contribution in [0.3, 0.4) is 0 Å². The number of halogens is 1. The van der Waals surface area contributed by atoms with E-state index in [1.807, 2.05) is 19.1 Å². The van der Waals surface area contributed by atoms with E-state index in [1.54, 1.807) is 24.5 Å². The fraction of sp³-hybridized carbons (Fsp3) is 0.444. The molecule has 1 N–H and O–H groups in total. The van der Waals surface area contributed by atoms with Gasteiger partial charge in [0.2, 0.25) is 5.91 Å². The number of nitrogens with zero attached hydrogens (tertiary/aromatic N) is 2. The molecule has 0 saturated carbocycles. The van der Waals surface area contributed by atoms with Crippen molar-refractivity contribution in [1.29, 1.82) is 0 Å². The molecule has 1 fully saturated rings. The molecule has 1 saturated heterocycles. The smallest absolute Gasteiger partial charge is 0.252 e. The summed E-state index contributed by atoms with van der Waals surface area (Å²) in [6, 6.07) is 6.89. The topological polar surface area (TPSA) is 79.4 Å². The molecule has 9 heteroatoms. The van der Waals surface area contributed by atoms with Crippen molar-refractivity contribution in [3.8, 4) is 0 Å². The van der Waals surface area contributed by atoms with Gasteiger partial charge < -0.3 is 5.32 Å². The Bertz CT molecular complexity index is 878. The molecule has 1 atom stereocenters. The van der Waals surface area contributed by atoms with Crippen LogP contribution in [0.15, 0.2) is 40.9 Å². The Morgan fingerprint density at radius 1 is 1.37 bits per heavy atom. The number of rotatable bonds is 6. The molecule has 3 heterocycles. The fourth-order valence-electron chi connectivity index (χ4n) is 3.25. The number of sulfonamides is 1. The monoisotopic (exact) mass is 427 g/mol. The van der Waals surface area contributed by atoms with Gasteiger partial charge in [0, 0.05) is 37.9 Å². The number of amides is 1. The van der Waals surface area contributed by atoms with Crippen molar-refractivity contribution in [2.75, 3.05) is 13.1 Å². The summed E-state index contributed by atoms with van der Waals surface area (Å²) in [7, 11) is -3.50. The molecule has 146 valence electrons. The van der Waals surface area contributed by atoms with Gasteiger partial charge in [-0.25, -0.2) is 8.42 Å². The van der Waals surface area contributed by atoms with Crippen LogP contribution in [0.1, 0.15) is 25.3 Å². The summed E-state index contributed by atoms with van der Waals surface area (Å²) < 4.78 is 27.5. The second kappa shape index (κ2) is 8.68. The summed E-state index contributed by atoms with van der Waals surface area (Å²) >= 11 is 6.94. The van der Waals surface area contributed by atoms with Crippen molar-refractivity contribution >= 4 is 38.9 Å². The zero-order valence-corrected chi connectivity index (χ0v) is 17.4. The minimum Gasteiger partial charge on any atom is -0.352 e. The van der Waals surface area contributed by atoms with E-state index in [1.165, 1.54) is 4.31 Å². The number of aromatic nitrogens is 1. The summed E-state index contributed by atoms with van der Waals surface area (Å²) in [5, 5.41) is 2.94. The minimum absolute atomic E-state index is 0.00908. The summed E-state index contributed by atoms with van der Waals surface area (Å²) in [4.78, 5) is 16.5. The molecule has 1 amide bonds. The van der Waals surface area contributed by atoms with Crippen molar-refractivity contribution in [1.82, 2.24) is 14.6 Å². The fourth-order valence-corrected chi connectivity index (χ4v) is 6.35. The number of hydrogen-bond acceptors (Lipinski definition) is 5. The standard InChI is InChI=1S/C18H22ClN3O3S2/c1-13(18(23)21-12-14-3-2-8-20-11-14)15-6-9-22(10-7-15)27(24,25)17-5-4-16(19)26-17/h2-5,8,11,13,15H,6-7,9-10,12H2,1H3,(H,21,23)/t13-/m1/s1. The quantitative estimate of drug-likeness (QED) is 0.767. The van der Waals surface area contributed by atoms with Gasteiger partial charge in [-0.2, -0.15) is 4.31 Å². The molecule has 3 rings (SSSR count). The van der Waals surface area contributed by atoms with Crippen LogP contribution in [0.4, 0.5) is 0 Å². The van der Waals surface area contributed by atoms with Crippen LogP contribution in [0.25, 0.3) is 0 Å². The lowest BCUT2D eigenvalue weighted by molar-refractivity contribution is -0.126. The Morgan fingerprint density at radius 3 is 2.70 bits per heavy atom. The van der Waals surface area contributed by atoms with Crippen LogP contribution in [0.5, 0.6) is 0 Å². The lowest BCUT2D eigenvalue weighted by atomic mass is 9.85. The molecule has 2 aromatic rings. The highest BCUT2D eigenvalue weighted by atomic mass is 35.5. The summed E-state index contributed by atoms with van der Waals surface area (Å²) in [5.41, 5.74) is 0.952. The highest BCUT2D eigenvalue weighted by molar-refractivity contribution is 7.91. The van der Waals surface area contributed by atoms with Gasteiger partial charge in [-0.05, 0) is 42.5 Å². The Morgan fingerprint density at radius 2 is 2.11 bits per heavy atom. The minimum atomic E-state index is -3.50. The second-order valence-electron chi connectivity index (χ2n) is 6.67. The van der Waals surface area contributed by atoms with E-state index < -0.39 is 10.0 Å². The molecule has 1 aliphatic heterocycles. The zero-order chi connectivity index (χ0) is 19.4. The Kier molecular flexibility index (Phi) is 6.52. The number of carbonyl (C=O) groups excluding carboxylic acids is 1. The molecular formula is C18H22ClN3O3S2. The number of pyridine rings is 1. The summed E-state index contributed by atoms with van der Waals surface area (Å²) in [5.74, 6) is -0.00909. The van der Waals surface area contributed by atoms with Crippen molar-refractivity contribution in [2.24, 2.45) is 11.8 Å². The molecule has 0 aliphatic carbocycles. The first kappa shape index (κ1) is 20.3. The van der Waals surface area contributed by atoms with Crippen LogP contribution < -0.4 is 5.32 Å². The van der Waals surface area contributed by atoms with Gasteiger partial charge in [0.1, 0.15) is 4.21 Å². The summed E-state index contributed by atoms with van der Waals surface area (Å²) in [6.45, 7) is 3.20. The van der Waals surface area contributed by atoms with Gasteiger partial charge in [0.25, 0.3) is 10.0 Å². The molecular weight excluding hydrogens is 406 g/mol. The van der Waals surface area contributed by atoms with Gasteiger partial charge in [-0.1, -0.05) is 24.6 Å². The van der Waals surface area contributed by atoms with Crippen LogP contribution in [-0.2, 0) is 21.4 Å². The van der Waals surface area contributed by atoms with E-state index in [4.69, 9.17) is 11.6 Å². The lowest BCUT2D eigenvalue weighted by Crippen LogP contribution is -2.42. The molecule has 0 radical (unpaired) electrons. The normalized spacial score (nSPS) is 17.6. The first-order valence-corrected chi connectivity index (χ1v) is 11.4. The first-order chi connectivity index (χ1) is 12.9. The van der Waals surface area contributed by atoms with E-state index in [-0.39, 0.29) is 22.0 Å². The lowest BCUT2D eigenvalue weighted by Gasteiger charge is -2.33. The predicted molar refractivity (Wildman–Crippen MR) is 106 cm³/mol. The number of thiophene rings is 1. The zero-order valence-electron chi connectivity index (χ0n) is 15.0. The van der Waals surface area contributed by atoms with E-state index in [0.29, 0.717) is 36.8 Å². The SMILES string of the molecule is C[C@@H](C(=O)NCc1cccnc1)C1CCN(S(=O)(=O)c2ccc(Cl)s2)CC1. The molecule has 6 nitrogen and oxygen atoms in total. The van der Waals surface area contributed by atoms with Crippen LogP contribution in [0, 0.1) is 11.8 Å². The molecule has 27 heavy (non-hydrogen) atoms. The maximum absolute atomic E-state index is 12.7. The maximum Gasteiger partial charge on any atom is 0.252 e. The highest BCUT2D eigenvalue weighted by Gasteiger charge is 2.34. The van der Waals surface area contributed by atoms with Gasteiger partial charge in [-0.15, -0.1) is 11.3 Å². The Balaban J connectivity index is 1.53. The molecule has 0 bridgehead atoms. The van der Waals surface area contributed by atoms with Crippen molar-refractivity contribution < 1.29 is 13.2 Å². The average Bonchev–Trinajstić information content (AvgIpc) is 3.13. The maximum atomic E-state index is 12.7. The van der Waals surface area contributed by atoms with Crippen LogP contribution in [-0.4, -0.2) is 36.7 Å². The largest absolute Gasteiger partial charge is 0.352 e. The third kappa shape index (κ3) is 4.87. The first-order valence-electron chi connectivity index (χ1n) is 8.80.